The molecule has 0 radical (unpaired) electrons. The van der Waals surface area contributed by atoms with E-state index >= 15 is 0 Å². The van der Waals surface area contributed by atoms with Gasteiger partial charge in [0, 0.05) is 32.6 Å². The molecule has 2 unspecified atom stereocenters. The minimum atomic E-state index is -3.28. The molecule has 2 N–H and O–H groups in total. The molecule has 0 aromatic carbocycles. The van der Waals surface area contributed by atoms with Crippen molar-refractivity contribution >= 4 is 15.9 Å². The SMILES string of the molecule is CNC(=O)C(C)CN(C)S(=O)(=O)CCC1CCCCN1. The Labute approximate surface area is 122 Å². The largest absolute Gasteiger partial charge is 0.359 e. The summed E-state index contributed by atoms with van der Waals surface area (Å²) in [6.45, 7) is 2.93. The quantitative estimate of drug-likeness (QED) is 0.702. The van der Waals surface area contributed by atoms with E-state index in [1.807, 2.05) is 0 Å². The highest BCUT2D eigenvalue weighted by molar-refractivity contribution is 7.89. The third-order valence-electron chi connectivity index (χ3n) is 3.84. The van der Waals surface area contributed by atoms with Crippen LogP contribution in [0.25, 0.3) is 0 Å². The molecule has 2 atom stereocenters. The van der Waals surface area contributed by atoms with Crippen LogP contribution in [0.4, 0.5) is 0 Å². The van der Waals surface area contributed by atoms with Crippen LogP contribution < -0.4 is 10.6 Å². The van der Waals surface area contributed by atoms with Gasteiger partial charge in [-0.2, -0.15) is 0 Å². The highest BCUT2D eigenvalue weighted by atomic mass is 32.2. The topological polar surface area (TPSA) is 78.5 Å². The number of hydrogen-bond donors (Lipinski definition) is 2. The number of nitrogens with zero attached hydrogens (tertiary/aromatic N) is 1. The van der Waals surface area contributed by atoms with Crippen LogP contribution in [0.15, 0.2) is 0 Å². The molecule has 0 aromatic rings. The number of carbonyl (C=O) groups is 1. The zero-order valence-electron chi connectivity index (χ0n) is 12.7. The molecule has 1 amide bonds. The van der Waals surface area contributed by atoms with Crippen molar-refractivity contribution in [2.45, 2.75) is 38.6 Å². The first kappa shape index (κ1) is 17.4. The molecule has 0 bridgehead atoms. The van der Waals surface area contributed by atoms with E-state index in [0.717, 1.165) is 13.0 Å². The van der Waals surface area contributed by atoms with Crippen molar-refractivity contribution in [3.8, 4) is 0 Å². The maximum Gasteiger partial charge on any atom is 0.223 e. The van der Waals surface area contributed by atoms with Gasteiger partial charge in [0.2, 0.25) is 15.9 Å². The summed E-state index contributed by atoms with van der Waals surface area (Å²) in [5, 5.41) is 5.89. The molecular weight excluding hydrogens is 278 g/mol. The normalized spacial score (nSPS) is 21.7. The van der Waals surface area contributed by atoms with Crippen LogP contribution in [0, 0.1) is 5.92 Å². The van der Waals surface area contributed by atoms with Crippen LogP contribution in [-0.4, -0.2) is 57.6 Å². The Morgan fingerprint density at radius 1 is 1.45 bits per heavy atom. The van der Waals surface area contributed by atoms with Gasteiger partial charge < -0.3 is 10.6 Å². The predicted molar refractivity (Wildman–Crippen MR) is 79.9 cm³/mol. The number of rotatable bonds is 7. The zero-order valence-corrected chi connectivity index (χ0v) is 13.5. The Morgan fingerprint density at radius 3 is 2.70 bits per heavy atom. The average Bonchev–Trinajstić information content (AvgIpc) is 2.45. The number of amides is 1. The summed E-state index contributed by atoms with van der Waals surface area (Å²) in [5.41, 5.74) is 0. The molecule has 1 saturated heterocycles. The molecule has 1 heterocycles. The van der Waals surface area contributed by atoms with Crippen LogP contribution in [0.5, 0.6) is 0 Å². The lowest BCUT2D eigenvalue weighted by Crippen LogP contribution is -2.40. The van der Waals surface area contributed by atoms with Crippen molar-refractivity contribution in [1.82, 2.24) is 14.9 Å². The van der Waals surface area contributed by atoms with E-state index in [2.05, 4.69) is 10.6 Å². The van der Waals surface area contributed by atoms with Gasteiger partial charge in [-0.15, -0.1) is 0 Å². The first-order valence-corrected chi connectivity index (χ1v) is 8.86. The lowest BCUT2D eigenvalue weighted by atomic mass is 10.0. The second-order valence-electron chi connectivity index (χ2n) is 5.55. The number of carbonyl (C=O) groups excluding carboxylic acids is 1. The molecule has 20 heavy (non-hydrogen) atoms. The molecule has 0 spiro atoms. The Hall–Kier alpha value is -0.660. The second kappa shape index (κ2) is 7.95. The van der Waals surface area contributed by atoms with E-state index in [9.17, 15) is 13.2 Å². The standard InChI is InChI=1S/C13H27N3O3S/c1-11(13(17)14-2)10-16(3)20(18,19)9-7-12-6-4-5-8-15-12/h11-12,15H,4-10H2,1-3H3,(H,14,17). The van der Waals surface area contributed by atoms with Gasteiger partial charge in [0.25, 0.3) is 0 Å². The Balaban J connectivity index is 2.43. The summed E-state index contributed by atoms with van der Waals surface area (Å²) in [4.78, 5) is 11.4. The first-order valence-electron chi connectivity index (χ1n) is 7.26. The summed E-state index contributed by atoms with van der Waals surface area (Å²) >= 11 is 0. The second-order valence-corrected chi connectivity index (χ2v) is 7.74. The summed E-state index contributed by atoms with van der Waals surface area (Å²) in [6.07, 6.45) is 4.03. The van der Waals surface area contributed by atoms with Crippen molar-refractivity contribution in [3.05, 3.63) is 0 Å². The minimum Gasteiger partial charge on any atom is -0.359 e. The molecule has 0 aliphatic carbocycles. The summed E-state index contributed by atoms with van der Waals surface area (Å²) in [6, 6.07) is 0.309. The fourth-order valence-corrected chi connectivity index (χ4v) is 3.79. The molecule has 1 fully saturated rings. The summed E-state index contributed by atoms with van der Waals surface area (Å²) < 4.78 is 25.7. The fourth-order valence-electron chi connectivity index (χ4n) is 2.45. The van der Waals surface area contributed by atoms with Crippen LogP contribution in [0.2, 0.25) is 0 Å². The maximum atomic E-state index is 12.2. The van der Waals surface area contributed by atoms with Crippen molar-refractivity contribution in [2.75, 3.05) is 32.9 Å². The first-order chi connectivity index (χ1) is 9.36. The van der Waals surface area contributed by atoms with Crippen LogP contribution in [-0.2, 0) is 14.8 Å². The third-order valence-corrected chi connectivity index (χ3v) is 5.69. The van der Waals surface area contributed by atoms with Crippen molar-refractivity contribution in [3.63, 3.8) is 0 Å². The van der Waals surface area contributed by atoms with E-state index in [0.29, 0.717) is 12.5 Å². The number of sulfonamides is 1. The van der Waals surface area contributed by atoms with Gasteiger partial charge >= 0.3 is 0 Å². The van der Waals surface area contributed by atoms with Crippen LogP contribution in [0.1, 0.15) is 32.6 Å². The molecule has 0 saturated carbocycles. The molecule has 1 aliphatic rings. The molecule has 1 aliphatic heterocycles. The van der Waals surface area contributed by atoms with Crippen LogP contribution in [0.3, 0.4) is 0 Å². The van der Waals surface area contributed by atoms with E-state index in [-0.39, 0.29) is 24.1 Å². The molecule has 7 heteroatoms. The lowest BCUT2D eigenvalue weighted by molar-refractivity contribution is -0.124. The van der Waals surface area contributed by atoms with E-state index in [4.69, 9.17) is 0 Å². The highest BCUT2D eigenvalue weighted by Crippen LogP contribution is 2.13. The van der Waals surface area contributed by atoms with Gasteiger partial charge in [-0.05, 0) is 25.8 Å². The predicted octanol–water partition coefficient (Wildman–Crippen LogP) is 0.162. The van der Waals surface area contributed by atoms with Crippen LogP contribution >= 0.6 is 0 Å². The van der Waals surface area contributed by atoms with Gasteiger partial charge in [-0.3, -0.25) is 4.79 Å². The Morgan fingerprint density at radius 2 is 2.15 bits per heavy atom. The number of nitrogens with one attached hydrogen (secondary N) is 2. The molecule has 118 valence electrons. The van der Waals surface area contributed by atoms with Crippen molar-refractivity contribution in [2.24, 2.45) is 5.92 Å². The molecule has 1 rings (SSSR count). The Bertz CT molecular complexity index is 405. The van der Waals surface area contributed by atoms with Gasteiger partial charge in [-0.1, -0.05) is 13.3 Å². The molecular formula is C13H27N3O3S. The molecule has 0 aromatic heterocycles. The lowest BCUT2D eigenvalue weighted by Gasteiger charge is -2.25. The minimum absolute atomic E-state index is 0.138. The summed E-state index contributed by atoms with van der Waals surface area (Å²) in [5.74, 6) is -0.338. The zero-order chi connectivity index (χ0) is 15.2. The van der Waals surface area contributed by atoms with Gasteiger partial charge in [-0.25, -0.2) is 12.7 Å². The average molecular weight is 305 g/mol. The monoisotopic (exact) mass is 305 g/mol. The molecule has 6 nitrogen and oxygen atoms in total. The van der Waals surface area contributed by atoms with E-state index in [1.54, 1.807) is 21.0 Å². The number of piperidine rings is 1. The van der Waals surface area contributed by atoms with E-state index < -0.39 is 10.0 Å². The maximum absolute atomic E-state index is 12.2. The van der Waals surface area contributed by atoms with Gasteiger partial charge in [0.1, 0.15) is 0 Å². The van der Waals surface area contributed by atoms with Gasteiger partial charge in [0.15, 0.2) is 0 Å². The Kier molecular flexibility index (Phi) is 6.91. The highest BCUT2D eigenvalue weighted by Gasteiger charge is 2.24. The number of hydrogen-bond acceptors (Lipinski definition) is 4. The third kappa shape index (κ3) is 5.38. The van der Waals surface area contributed by atoms with E-state index in [1.165, 1.54) is 17.1 Å². The van der Waals surface area contributed by atoms with Gasteiger partial charge in [0.05, 0.1) is 5.75 Å². The van der Waals surface area contributed by atoms with Crippen molar-refractivity contribution < 1.29 is 13.2 Å². The summed E-state index contributed by atoms with van der Waals surface area (Å²) in [7, 11) is -0.181. The van der Waals surface area contributed by atoms with Crippen molar-refractivity contribution in [1.29, 1.82) is 0 Å². The smallest absolute Gasteiger partial charge is 0.223 e. The fraction of sp³-hybridized carbons (Fsp3) is 0.923.